The van der Waals surface area contributed by atoms with Crippen LogP contribution < -0.4 is 10.1 Å². The van der Waals surface area contributed by atoms with Gasteiger partial charge in [0, 0.05) is 17.8 Å². The molecule has 0 radical (unpaired) electrons. The maximum absolute atomic E-state index is 14.9. The molecule has 1 saturated heterocycles. The molecular formula is C26H22ClF3N4O4. The molecule has 38 heavy (non-hydrogen) atoms. The first kappa shape index (κ1) is 25.7. The maximum atomic E-state index is 14.9. The third-order valence-corrected chi connectivity index (χ3v) is 6.93. The fraction of sp³-hybridized carbons (Fsp3) is 0.269. The second kappa shape index (κ2) is 10.4. The van der Waals surface area contributed by atoms with Crippen molar-refractivity contribution < 1.29 is 32.2 Å². The van der Waals surface area contributed by atoms with E-state index in [4.69, 9.17) is 11.6 Å². The minimum Gasteiger partial charge on any atom is -0.453 e. The Balaban J connectivity index is 1.37. The predicted octanol–water partition coefficient (Wildman–Crippen LogP) is 6.17. The molecule has 0 saturated carbocycles. The highest BCUT2D eigenvalue weighted by atomic mass is 35.5. The normalized spacial score (nSPS) is 18.8. The number of amides is 2. The van der Waals surface area contributed by atoms with Crippen LogP contribution in [0.15, 0.2) is 48.7 Å². The number of hydrogen-bond donors (Lipinski definition) is 2. The third-order valence-electron chi connectivity index (χ3n) is 6.64. The third kappa shape index (κ3) is 4.93. The lowest BCUT2D eigenvalue weighted by Gasteiger charge is -2.33. The summed E-state index contributed by atoms with van der Waals surface area (Å²) in [5.41, 5.74) is 2.15. The molecule has 0 unspecified atom stereocenters. The molecule has 5 rings (SSSR count). The molecule has 2 aliphatic rings. The average Bonchev–Trinajstić information content (AvgIpc) is 3.54. The lowest BCUT2D eigenvalue weighted by Crippen LogP contribution is -2.39. The van der Waals surface area contributed by atoms with Crippen LogP contribution in [0.5, 0.6) is 5.75 Å². The van der Waals surface area contributed by atoms with Crippen molar-refractivity contribution in [3.05, 3.63) is 70.9 Å². The second-order valence-corrected chi connectivity index (χ2v) is 9.26. The minimum absolute atomic E-state index is 0.223. The molecule has 2 aromatic carbocycles. The van der Waals surface area contributed by atoms with E-state index in [2.05, 4.69) is 24.8 Å². The number of fused-ring (bicyclic) bond motifs is 1. The Hall–Kier alpha value is -3.99. The van der Waals surface area contributed by atoms with E-state index in [1.165, 1.54) is 19.3 Å². The summed E-state index contributed by atoms with van der Waals surface area (Å²) >= 11 is 5.91. The van der Waals surface area contributed by atoms with Crippen LogP contribution >= 0.6 is 11.6 Å². The van der Waals surface area contributed by atoms with E-state index in [1.807, 2.05) is 0 Å². The number of hydrogen-bond acceptors (Lipinski definition) is 5. The summed E-state index contributed by atoms with van der Waals surface area (Å²) in [7, 11) is 1.28. The van der Waals surface area contributed by atoms with Gasteiger partial charge in [0.2, 0.25) is 5.91 Å². The number of H-pyrrole nitrogens is 1. The fourth-order valence-electron chi connectivity index (χ4n) is 4.98. The van der Waals surface area contributed by atoms with Gasteiger partial charge in [-0.15, -0.1) is 0 Å². The van der Waals surface area contributed by atoms with E-state index in [0.29, 0.717) is 24.4 Å². The standard InChI is InChI=1S/C26H22ClF3N4O4/c1-37-26(36)32-15-4-2-13(3-5-15)18-12-31-24(33-18)19-8-6-16-10-14(11-21(35)34(16)19)22-20(38-25(29)30)9-7-17(27)23(22)28/h2-5,7,9,11-12,16,19,25H,6,8,10H2,1H3,(H,31,33)(H,32,36)/t16-,19+/m1/s1. The highest BCUT2D eigenvalue weighted by Gasteiger charge is 2.42. The second-order valence-electron chi connectivity index (χ2n) is 8.86. The van der Waals surface area contributed by atoms with E-state index in [9.17, 15) is 22.8 Å². The molecule has 3 heterocycles. The van der Waals surface area contributed by atoms with Gasteiger partial charge < -0.3 is 19.4 Å². The zero-order valence-corrected chi connectivity index (χ0v) is 20.8. The molecular weight excluding hydrogens is 525 g/mol. The Kier molecular flexibility index (Phi) is 7.02. The SMILES string of the molecule is COC(=O)Nc1ccc(-c2cnc([C@@H]3CC[C@@H]4CC(c5c(OC(F)F)ccc(Cl)c5F)=CC(=O)N43)[nH]2)cc1. The van der Waals surface area contributed by atoms with Crippen LogP contribution in [0.2, 0.25) is 5.02 Å². The molecule has 0 bridgehead atoms. The number of aromatic amines is 1. The van der Waals surface area contributed by atoms with Crippen molar-refractivity contribution in [3.8, 4) is 17.0 Å². The summed E-state index contributed by atoms with van der Waals surface area (Å²) in [6, 6.07) is 8.75. The number of ether oxygens (including phenoxy) is 2. The number of carbonyl (C=O) groups excluding carboxylic acids is 2. The molecule has 2 N–H and O–H groups in total. The summed E-state index contributed by atoms with van der Waals surface area (Å²) in [6.45, 7) is -3.16. The largest absolute Gasteiger partial charge is 0.453 e. The number of imidazole rings is 1. The monoisotopic (exact) mass is 546 g/mol. The summed E-state index contributed by atoms with van der Waals surface area (Å²) in [4.78, 5) is 34.0. The molecule has 3 aromatic rings. The molecule has 1 aromatic heterocycles. The number of anilines is 1. The highest BCUT2D eigenvalue weighted by Crippen LogP contribution is 2.45. The van der Waals surface area contributed by atoms with Crippen LogP contribution in [-0.4, -0.2) is 46.6 Å². The molecule has 12 heteroatoms. The van der Waals surface area contributed by atoms with Gasteiger partial charge in [-0.25, -0.2) is 14.2 Å². The van der Waals surface area contributed by atoms with E-state index in [1.54, 1.807) is 35.4 Å². The Bertz CT molecular complexity index is 1410. The summed E-state index contributed by atoms with van der Waals surface area (Å²) in [5.74, 6) is -1.06. The quantitative estimate of drug-likeness (QED) is 0.385. The van der Waals surface area contributed by atoms with Crippen LogP contribution in [-0.2, 0) is 9.53 Å². The first-order valence-corrected chi connectivity index (χ1v) is 12.1. The van der Waals surface area contributed by atoms with Gasteiger partial charge in [0.25, 0.3) is 0 Å². The fourth-order valence-corrected chi connectivity index (χ4v) is 5.13. The lowest BCUT2D eigenvalue weighted by atomic mass is 9.93. The van der Waals surface area contributed by atoms with Crippen molar-refractivity contribution in [2.45, 2.75) is 38.0 Å². The zero-order valence-electron chi connectivity index (χ0n) is 20.0. The smallest absolute Gasteiger partial charge is 0.411 e. The van der Waals surface area contributed by atoms with Crippen molar-refractivity contribution in [1.29, 1.82) is 0 Å². The number of carbonyl (C=O) groups is 2. The van der Waals surface area contributed by atoms with Gasteiger partial charge in [-0.05, 0) is 54.7 Å². The Labute approximate surface area is 220 Å². The number of nitrogens with one attached hydrogen (secondary N) is 2. The number of benzene rings is 2. The number of halogens is 4. The van der Waals surface area contributed by atoms with Crippen LogP contribution in [0, 0.1) is 5.82 Å². The number of alkyl halides is 2. The predicted molar refractivity (Wildman–Crippen MR) is 133 cm³/mol. The molecule has 0 spiro atoms. The van der Waals surface area contributed by atoms with Crippen molar-refractivity contribution in [2.75, 3.05) is 12.4 Å². The van der Waals surface area contributed by atoms with Gasteiger partial charge in [-0.1, -0.05) is 23.7 Å². The van der Waals surface area contributed by atoms with Crippen LogP contribution in [0.1, 0.15) is 36.7 Å². The van der Waals surface area contributed by atoms with Crippen molar-refractivity contribution >= 4 is 34.9 Å². The van der Waals surface area contributed by atoms with Gasteiger partial charge >= 0.3 is 12.7 Å². The number of aromatic nitrogens is 2. The maximum Gasteiger partial charge on any atom is 0.411 e. The van der Waals surface area contributed by atoms with Crippen molar-refractivity contribution in [3.63, 3.8) is 0 Å². The topological polar surface area (TPSA) is 96.6 Å². The Morgan fingerprint density at radius 1 is 1.21 bits per heavy atom. The first-order chi connectivity index (χ1) is 18.2. The van der Waals surface area contributed by atoms with Crippen molar-refractivity contribution in [2.24, 2.45) is 0 Å². The highest BCUT2D eigenvalue weighted by molar-refractivity contribution is 6.31. The summed E-state index contributed by atoms with van der Waals surface area (Å²) < 4.78 is 49.9. The van der Waals surface area contributed by atoms with Gasteiger partial charge in [0.15, 0.2) is 5.82 Å². The van der Waals surface area contributed by atoms with Gasteiger partial charge in [0.1, 0.15) is 11.6 Å². The van der Waals surface area contributed by atoms with Crippen LogP contribution in [0.4, 0.5) is 23.7 Å². The van der Waals surface area contributed by atoms with Crippen molar-refractivity contribution in [1.82, 2.24) is 14.9 Å². The van der Waals surface area contributed by atoms with Crippen LogP contribution in [0.25, 0.3) is 16.8 Å². The number of methoxy groups -OCH3 is 1. The summed E-state index contributed by atoms with van der Waals surface area (Å²) in [6.07, 6.45) is 3.82. The van der Waals surface area contributed by atoms with Crippen LogP contribution in [0.3, 0.4) is 0 Å². The molecule has 2 atom stereocenters. The van der Waals surface area contributed by atoms with E-state index in [0.717, 1.165) is 17.3 Å². The summed E-state index contributed by atoms with van der Waals surface area (Å²) in [5, 5.41) is 2.33. The molecule has 0 aliphatic carbocycles. The Morgan fingerprint density at radius 2 is 1.97 bits per heavy atom. The minimum atomic E-state index is -3.16. The molecule has 198 valence electrons. The molecule has 2 aliphatic heterocycles. The molecule has 2 amide bonds. The van der Waals surface area contributed by atoms with E-state index >= 15 is 0 Å². The van der Waals surface area contributed by atoms with E-state index in [-0.39, 0.29) is 46.3 Å². The van der Waals surface area contributed by atoms with E-state index < -0.39 is 18.5 Å². The average molecular weight is 547 g/mol. The van der Waals surface area contributed by atoms with Gasteiger partial charge in [-0.3, -0.25) is 10.1 Å². The molecule has 1 fully saturated rings. The number of nitrogens with zero attached hydrogens (tertiary/aromatic N) is 2. The Morgan fingerprint density at radius 3 is 2.68 bits per heavy atom. The van der Waals surface area contributed by atoms with Gasteiger partial charge in [0.05, 0.1) is 35.6 Å². The van der Waals surface area contributed by atoms with Gasteiger partial charge in [-0.2, -0.15) is 8.78 Å². The lowest BCUT2D eigenvalue weighted by molar-refractivity contribution is -0.129. The zero-order chi connectivity index (χ0) is 27.0. The number of rotatable bonds is 6. The molecule has 8 nitrogen and oxygen atoms in total. The first-order valence-electron chi connectivity index (χ1n) is 11.7.